The van der Waals surface area contributed by atoms with Gasteiger partial charge in [0.25, 0.3) is 0 Å². The van der Waals surface area contributed by atoms with Crippen LogP contribution in [0.3, 0.4) is 0 Å². The Morgan fingerprint density at radius 3 is 2.76 bits per heavy atom. The van der Waals surface area contributed by atoms with E-state index in [0.29, 0.717) is 28.7 Å². The highest BCUT2D eigenvalue weighted by Crippen LogP contribution is 2.27. The van der Waals surface area contributed by atoms with Gasteiger partial charge in [0.15, 0.2) is 0 Å². The molecule has 1 unspecified atom stereocenters. The van der Waals surface area contributed by atoms with Gasteiger partial charge in [0.05, 0.1) is 16.0 Å². The van der Waals surface area contributed by atoms with Crippen LogP contribution in [0.15, 0.2) is 18.2 Å². The van der Waals surface area contributed by atoms with E-state index in [1.807, 2.05) is 0 Å². The molecule has 7 heteroatoms. The van der Waals surface area contributed by atoms with E-state index < -0.39 is 15.3 Å². The minimum atomic E-state index is -3.41. The topological polar surface area (TPSA) is 58.2 Å². The molecular formula is C10H12Cl2N2O2S. The summed E-state index contributed by atoms with van der Waals surface area (Å²) in [6, 6.07) is 4.68. The molecule has 0 spiro atoms. The highest BCUT2D eigenvalue weighted by molar-refractivity contribution is 7.93. The van der Waals surface area contributed by atoms with E-state index in [-0.39, 0.29) is 0 Å². The van der Waals surface area contributed by atoms with Gasteiger partial charge in [-0.1, -0.05) is 23.2 Å². The predicted octanol–water partition coefficient (Wildman–Crippen LogP) is 2.10. The molecule has 1 aromatic carbocycles. The summed E-state index contributed by atoms with van der Waals surface area (Å²) in [7, 11) is -3.41. The summed E-state index contributed by atoms with van der Waals surface area (Å²) < 4.78 is 26.5. The molecule has 94 valence electrons. The van der Waals surface area contributed by atoms with Crippen molar-refractivity contribution in [2.75, 3.05) is 17.8 Å². The third-order valence-electron chi connectivity index (χ3n) is 2.63. The Balaban J connectivity index is 2.22. The van der Waals surface area contributed by atoms with Crippen LogP contribution in [0, 0.1) is 0 Å². The fraction of sp³-hybridized carbons (Fsp3) is 0.400. The normalized spacial score (nSPS) is 20.5. The van der Waals surface area contributed by atoms with E-state index in [9.17, 15) is 8.42 Å². The van der Waals surface area contributed by atoms with E-state index in [4.69, 9.17) is 23.2 Å². The van der Waals surface area contributed by atoms with Crippen molar-refractivity contribution >= 4 is 38.9 Å². The van der Waals surface area contributed by atoms with Gasteiger partial charge >= 0.3 is 0 Å². The molecule has 2 N–H and O–H groups in total. The molecule has 17 heavy (non-hydrogen) atoms. The maximum Gasteiger partial charge on any atom is 0.236 e. The summed E-state index contributed by atoms with van der Waals surface area (Å²) in [6.07, 6.45) is 0.605. The molecule has 1 heterocycles. The summed E-state index contributed by atoms with van der Waals surface area (Å²) in [6.45, 7) is 1.18. The molecule has 0 amide bonds. The zero-order valence-electron chi connectivity index (χ0n) is 8.91. The van der Waals surface area contributed by atoms with E-state index in [1.165, 1.54) is 6.07 Å². The highest BCUT2D eigenvalue weighted by Gasteiger charge is 2.28. The molecule has 1 aliphatic heterocycles. The third-order valence-corrected chi connectivity index (χ3v) is 4.98. The summed E-state index contributed by atoms with van der Waals surface area (Å²) in [4.78, 5) is 0. The second-order valence-corrected chi connectivity index (χ2v) is 6.69. The molecular weight excluding hydrogens is 283 g/mol. The monoisotopic (exact) mass is 294 g/mol. The largest absolute Gasteiger partial charge is 0.315 e. The Morgan fingerprint density at radius 2 is 2.12 bits per heavy atom. The van der Waals surface area contributed by atoms with Gasteiger partial charge in [-0.3, -0.25) is 4.72 Å². The molecule has 0 aliphatic carbocycles. The lowest BCUT2D eigenvalue weighted by atomic mass is 10.3. The van der Waals surface area contributed by atoms with Crippen LogP contribution in [0.1, 0.15) is 6.42 Å². The van der Waals surface area contributed by atoms with Crippen LogP contribution < -0.4 is 10.0 Å². The van der Waals surface area contributed by atoms with Crippen molar-refractivity contribution in [1.29, 1.82) is 0 Å². The minimum Gasteiger partial charge on any atom is -0.315 e. The lowest BCUT2D eigenvalue weighted by molar-refractivity contribution is 0.588. The molecule has 0 saturated carbocycles. The lowest BCUT2D eigenvalue weighted by Gasteiger charge is -2.14. The van der Waals surface area contributed by atoms with Crippen molar-refractivity contribution in [3.8, 4) is 0 Å². The molecule has 1 saturated heterocycles. The molecule has 1 fully saturated rings. The minimum absolute atomic E-state index is 0.325. The second kappa shape index (κ2) is 5.02. The van der Waals surface area contributed by atoms with E-state index in [0.717, 1.165) is 6.54 Å². The molecule has 1 aromatic rings. The Morgan fingerprint density at radius 1 is 1.35 bits per heavy atom. The van der Waals surface area contributed by atoms with E-state index >= 15 is 0 Å². The van der Waals surface area contributed by atoms with Crippen molar-refractivity contribution in [2.24, 2.45) is 0 Å². The van der Waals surface area contributed by atoms with E-state index in [2.05, 4.69) is 10.0 Å². The van der Waals surface area contributed by atoms with Crippen molar-refractivity contribution in [3.63, 3.8) is 0 Å². The van der Waals surface area contributed by atoms with Crippen LogP contribution in [0.4, 0.5) is 5.69 Å². The second-order valence-electron chi connectivity index (χ2n) is 3.89. The Bertz CT molecular complexity index is 513. The van der Waals surface area contributed by atoms with Crippen molar-refractivity contribution in [1.82, 2.24) is 5.32 Å². The average molecular weight is 295 g/mol. The smallest absolute Gasteiger partial charge is 0.236 e. The van der Waals surface area contributed by atoms with Gasteiger partial charge in [-0.15, -0.1) is 0 Å². The van der Waals surface area contributed by atoms with Crippen LogP contribution in [-0.4, -0.2) is 26.8 Å². The Hall–Kier alpha value is -0.490. The van der Waals surface area contributed by atoms with Crippen LogP contribution in [-0.2, 0) is 10.0 Å². The molecule has 0 radical (unpaired) electrons. The van der Waals surface area contributed by atoms with Crippen LogP contribution in [0.25, 0.3) is 0 Å². The maximum absolute atomic E-state index is 12.0. The molecule has 0 aromatic heterocycles. The quantitative estimate of drug-likeness (QED) is 0.898. The highest BCUT2D eigenvalue weighted by atomic mass is 35.5. The Kier molecular flexibility index (Phi) is 3.82. The molecule has 4 nitrogen and oxygen atoms in total. The van der Waals surface area contributed by atoms with E-state index in [1.54, 1.807) is 12.1 Å². The van der Waals surface area contributed by atoms with Crippen LogP contribution in [0.2, 0.25) is 10.0 Å². The number of anilines is 1. The molecule has 2 rings (SSSR count). The summed E-state index contributed by atoms with van der Waals surface area (Å²) in [5.41, 5.74) is 0.325. The molecule has 1 atom stereocenters. The van der Waals surface area contributed by atoms with Gasteiger partial charge in [0, 0.05) is 11.6 Å². The number of benzene rings is 1. The molecule has 1 aliphatic rings. The van der Waals surface area contributed by atoms with Crippen molar-refractivity contribution < 1.29 is 8.42 Å². The first-order chi connectivity index (χ1) is 7.99. The maximum atomic E-state index is 12.0. The van der Waals surface area contributed by atoms with Gasteiger partial charge in [-0.25, -0.2) is 8.42 Å². The van der Waals surface area contributed by atoms with Gasteiger partial charge in [0.2, 0.25) is 10.0 Å². The van der Waals surface area contributed by atoms with Gasteiger partial charge in [-0.2, -0.15) is 0 Å². The standard InChI is InChI=1S/C10H12Cl2N2O2S/c11-7-1-2-9(12)10(5-7)14-17(15,16)8-3-4-13-6-8/h1-2,5,8,13-14H,3-4,6H2. The summed E-state index contributed by atoms with van der Waals surface area (Å²) >= 11 is 11.7. The van der Waals surface area contributed by atoms with Crippen LogP contribution in [0.5, 0.6) is 0 Å². The van der Waals surface area contributed by atoms with Crippen LogP contribution >= 0.6 is 23.2 Å². The number of hydrogen-bond acceptors (Lipinski definition) is 3. The lowest BCUT2D eigenvalue weighted by Crippen LogP contribution is -2.29. The first-order valence-corrected chi connectivity index (χ1v) is 7.47. The first kappa shape index (κ1) is 13.0. The third kappa shape index (κ3) is 3.04. The Labute approximate surface area is 110 Å². The predicted molar refractivity (Wildman–Crippen MR) is 70.3 cm³/mol. The number of rotatable bonds is 3. The first-order valence-electron chi connectivity index (χ1n) is 5.16. The number of hydrogen-bond donors (Lipinski definition) is 2. The van der Waals surface area contributed by atoms with Gasteiger partial charge < -0.3 is 5.32 Å². The summed E-state index contributed by atoms with van der Waals surface area (Å²) in [5.74, 6) is 0. The van der Waals surface area contributed by atoms with Crippen molar-refractivity contribution in [2.45, 2.75) is 11.7 Å². The van der Waals surface area contributed by atoms with Crippen molar-refractivity contribution in [3.05, 3.63) is 28.2 Å². The molecule has 0 bridgehead atoms. The zero-order valence-corrected chi connectivity index (χ0v) is 11.2. The summed E-state index contributed by atoms with van der Waals surface area (Å²) in [5, 5.41) is 3.37. The fourth-order valence-corrected chi connectivity index (χ4v) is 3.51. The van der Waals surface area contributed by atoms with Gasteiger partial charge in [0.1, 0.15) is 0 Å². The number of sulfonamides is 1. The number of halogens is 2. The number of nitrogens with one attached hydrogen (secondary N) is 2. The fourth-order valence-electron chi connectivity index (χ4n) is 1.71. The average Bonchev–Trinajstić information content (AvgIpc) is 2.77. The SMILES string of the molecule is O=S(=O)(Nc1cc(Cl)ccc1Cl)C1CCNC1. The van der Waals surface area contributed by atoms with Gasteiger partial charge in [-0.05, 0) is 31.2 Å². The zero-order chi connectivity index (χ0) is 12.5.